The number of hydrogen-bond acceptors (Lipinski definition) is 5. The molecule has 38 heavy (non-hydrogen) atoms. The summed E-state index contributed by atoms with van der Waals surface area (Å²) in [6.07, 6.45) is 0.968. The lowest BCUT2D eigenvalue weighted by Crippen LogP contribution is -2.58. The number of likely N-dealkylation sites (tertiary alicyclic amines) is 1. The average molecular weight is 520 g/mol. The number of benzene rings is 2. The van der Waals surface area contributed by atoms with Crippen molar-refractivity contribution in [1.29, 1.82) is 0 Å². The average Bonchev–Trinajstić information content (AvgIpc) is 3.45. The number of carbonyl (C=O) groups is 3. The van der Waals surface area contributed by atoms with E-state index in [0.29, 0.717) is 25.9 Å². The molecule has 0 aliphatic carbocycles. The van der Waals surface area contributed by atoms with Crippen LogP contribution in [0.1, 0.15) is 44.7 Å². The van der Waals surface area contributed by atoms with Crippen LogP contribution in [0.5, 0.6) is 0 Å². The van der Waals surface area contributed by atoms with Gasteiger partial charge in [-0.3, -0.25) is 14.4 Å². The predicted molar refractivity (Wildman–Crippen MR) is 141 cm³/mol. The van der Waals surface area contributed by atoms with E-state index in [2.05, 4.69) is 10.6 Å². The summed E-state index contributed by atoms with van der Waals surface area (Å²) in [5.41, 5.74) is -0.119. The Morgan fingerprint density at radius 3 is 2.11 bits per heavy atom. The number of nitrogens with one attached hydrogen (secondary N) is 2. The Kier molecular flexibility index (Phi) is 7.05. The van der Waals surface area contributed by atoms with Crippen molar-refractivity contribution in [1.82, 2.24) is 15.5 Å². The quantitative estimate of drug-likeness (QED) is 0.472. The van der Waals surface area contributed by atoms with Crippen LogP contribution in [0.3, 0.4) is 0 Å². The number of fused-ring (bicyclic) bond motifs is 1. The van der Waals surface area contributed by atoms with Gasteiger partial charge in [-0.2, -0.15) is 0 Å². The van der Waals surface area contributed by atoms with E-state index in [1.165, 1.54) is 4.90 Å². The van der Waals surface area contributed by atoms with E-state index in [1.54, 1.807) is 0 Å². The first-order valence-electron chi connectivity index (χ1n) is 13.5. The molecule has 202 valence electrons. The third-order valence-corrected chi connectivity index (χ3v) is 8.98. The van der Waals surface area contributed by atoms with Gasteiger partial charge in [-0.25, -0.2) is 0 Å². The molecule has 3 aliphatic heterocycles. The lowest BCUT2D eigenvalue weighted by Gasteiger charge is -2.36. The van der Waals surface area contributed by atoms with Gasteiger partial charge >= 0.3 is 0 Å². The molecule has 3 heterocycles. The van der Waals surface area contributed by atoms with E-state index < -0.39 is 35.1 Å². The highest BCUT2D eigenvalue weighted by molar-refractivity contribution is 5.99. The number of rotatable bonds is 9. The van der Waals surface area contributed by atoms with E-state index in [1.807, 2.05) is 81.4 Å². The molecule has 5 rings (SSSR count). The summed E-state index contributed by atoms with van der Waals surface area (Å²) in [7, 11) is 0. The van der Waals surface area contributed by atoms with Crippen LogP contribution in [0, 0.1) is 17.8 Å². The van der Waals surface area contributed by atoms with E-state index in [9.17, 15) is 19.5 Å². The Morgan fingerprint density at radius 1 is 1.03 bits per heavy atom. The number of carbonyl (C=O) groups excluding carboxylic acids is 3. The Labute approximate surface area is 223 Å². The zero-order valence-electron chi connectivity index (χ0n) is 22.2. The highest BCUT2D eigenvalue weighted by atomic mass is 16.5. The van der Waals surface area contributed by atoms with E-state index in [4.69, 9.17) is 4.74 Å². The van der Waals surface area contributed by atoms with Crippen molar-refractivity contribution in [2.24, 2.45) is 17.8 Å². The predicted octanol–water partition coefficient (Wildman–Crippen LogP) is 2.40. The molecule has 1 spiro atoms. The van der Waals surface area contributed by atoms with Gasteiger partial charge in [-0.1, -0.05) is 74.5 Å². The van der Waals surface area contributed by atoms with Gasteiger partial charge in [0.2, 0.25) is 17.7 Å². The van der Waals surface area contributed by atoms with Crippen molar-refractivity contribution in [3.8, 4) is 0 Å². The van der Waals surface area contributed by atoms with Crippen LogP contribution in [0.25, 0.3) is 0 Å². The van der Waals surface area contributed by atoms with Gasteiger partial charge in [0.25, 0.3) is 0 Å². The molecule has 2 aromatic rings. The molecule has 2 aromatic carbocycles. The zero-order chi connectivity index (χ0) is 27.1. The first-order valence-corrected chi connectivity index (χ1v) is 13.5. The van der Waals surface area contributed by atoms with Gasteiger partial charge in [0, 0.05) is 13.1 Å². The highest BCUT2D eigenvalue weighted by Gasteiger charge is 2.80. The molecule has 3 N–H and O–H groups in total. The van der Waals surface area contributed by atoms with Crippen LogP contribution >= 0.6 is 0 Å². The third kappa shape index (κ3) is 4.10. The van der Waals surface area contributed by atoms with Crippen LogP contribution in [0.2, 0.25) is 0 Å². The van der Waals surface area contributed by atoms with Crippen molar-refractivity contribution < 1.29 is 24.2 Å². The van der Waals surface area contributed by atoms with Gasteiger partial charge in [-0.15, -0.1) is 0 Å². The van der Waals surface area contributed by atoms with Gasteiger partial charge in [0.05, 0.1) is 30.1 Å². The van der Waals surface area contributed by atoms with Crippen molar-refractivity contribution >= 4 is 17.7 Å². The molecule has 8 nitrogen and oxygen atoms in total. The van der Waals surface area contributed by atoms with Crippen LogP contribution < -0.4 is 10.6 Å². The lowest BCUT2D eigenvalue weighted by atomic mass is 9.62. The van der Waals surface area contributed by atoms with E-state index in [0.717, 1.165) is 11.1 Å². The molecule has 0 radical (unpaired) electrons. The van der Waals surface area contributed by atoms with Gasteiger partial charge < -0.3 is 25.4 Å². The minimum atomic E-state index is -1.14. The second-order valence-electron chi connectivity index (χ2n) is 11.1. The fraction of sp³-hybridized carbons (Fsp3) is 0.500. The summed E-state index contributed by atoms with van der Waals surface area (Å²) in [5.74, 6) is -2.44. The van der Waals surface area contributed by atoms with Crippen LogP contribution in [0.4, 0.5) is 0 Å². The monoisotopic (exact) mass is 519 g/mol. The molecule has 3 amide bonds. The van der Waals surface area contributed by atoms with Gasteiger partial charge in [0.1, 0.15) is 11.6 Å². The fourth-order valence-corrected chi connectivity index (χ4v) is 6.96. The number of hydrogen-bond donors (Lipinski definition) is 3. The Morgan fingerprint density at radius 2 is 1.58 bits per heavy atom. The molecule has 8 heteroatoms. The molecule has 3 aliphatic rings. The Hall–Kier alpha value is -3.23. The minimum Gasteiger partial charge on any atom is -0.394 e. The number of ether oxygens (including phenoxy) is 1. The van der Waals surface area contributed by atoms with Crippen molar-refractivity contribution in [2.45, 2.75) is 70.0 Å². The topological polar surface area (TPSA) is 108 Å². The van der Waals surface area contributed by atoms with Crippen molar-refractivity contribution in [2.75, 3.05) is 6.61 Å². The molecule has 7 atom stereocenters. The van der Waals surface area contributed by atoms with Gasteiger partial charge in [-0.05, 0) is 36.8 Å². The summed E-state index contributed by atoms with van der Waals surface area (Å²) >= 11 is 0. The number of aliphatic hydroxyl groups is 1. The molecule has 3 saturated heterocycles. The largest absolute Gasteiger partial charge is 0.394 e. The first kappa shape index (κ1) is 26.4. The Bertz CT molecular complexity index is 1190. The van der Waals surface area contributed by atoms with Crippen LogP contribution in [-0.4, -0.2) is 57.6 Å². The first-order chi connectivity index (χ1) is 18.3. The Balaban J connectivity index is 1.48. The second kappa shape index (κ2) is 10.2. The van der Waals surface area contributed by atoms with Crippen LogP contribution in [-0.2, 0) is 32.2 Å². The molecule has 0 saturated carbocycles. The SMILES string of the molecule is CC[C@@H](CO)N1C(=O)[C@@H]2[C@H](C(=O)NCc3ccccc3)[C@@]3(C)OC2(CC3C)C1C(=O)NCc1ccccc1. The van der Waals surface area contributed by atoms with E-state index in [-0.39, 0.29) is 30.2 Å². The maximum absolute atomic E-state index is 14.1. The molecule has 0 aromatic heterocycles. The number of amides is 3. The summed E-state index contributed by atoms with van der Waals surface area (Å²) in [6.45, 7) is 6.18. The van der Waals surface area contributed by atoms with E-state index >= 15 is 0 Å². The standard InChI is InChI=1S/C30H37N3O5/c1-4-22(18-34)33-25(27(36)32-17-21-13-9-6-10-14-21)30-15-19(2)29(3,38-30)23(24(30)28(33)37)26(35)31-16-20-11-7-5-8-12-20/h5-14,19,22-25,34H,4,15-18H2,1-3H3,(H,31,35)(H,32,36)/t19?,22-,23+,24-,25?,29-,30?/m0/s1. The van der Waals surface area contributed by atoms with Crippen molar-refractivity contribution in [3.63, 3.8) is 0 Å². The molecular weight excluding hydrogens is 482 g/mol. The van der Waals surface area contributed by atoms with Crippen molar-refractivity contribution in [3.05, 3.63) is 71.8 Å². The maximum Gasteiger partial charge on any atom is 0.246 e. The maximum atomic E-state index is 14.1. The summed E-state index contributed by atoms with van der Waals surface area (Å²) in [5, 5.41) is 16.2. The smallest absolute Gasteiger partial charge is 0.246 e. The number of nitrogens with zero attached hydrogens (tertiary/aromatic N) is 1. The molecular formula is C30H37N3O5. The van der Waals surface area contributed by atoms with Crippen LogP contribution in [0.15, 0.2) is 60.7 Å². The molecule has 3 fully saturated rings. The fourth-order valence-electron chi connectivity index (χ4n) is 6.96. The van der Waals surface area contributed by atoms with Gasteiger partial charge in [0.15, 0.2) is 0 Å². The normalized spacial score (nSPS) is 32.2. The third-order valence-electron chi connectivity index (χ3n) is 8.98. The zero-order valence-corrected chi connectivity index (χ0v) is 22.2. The summed E-state index contributed by atoms with van der Waals surface area (Å²) in [4.78, 5) is 43.2. The summed E-state index contributed by atoms with van der Waals surface area (Å²) in [6, 6.07) is 17.7. The molecule has 3 unspecified atom stereocenters. The molecule has 2 bridgehead atoms. The lowest BCUT2D eigenvalue weighted by molar-refractivity contribution is -0.151. The number of aliphatic hydroxyl groups excluding tert-OH is 1. The highest BCUT2D eigenvalue weighted by Crippen LogP contribution is 2.65. The summed E-state index contributed by atoms with van der Waals surface area (Å²) < 4.78 is 6.73. The second-order valence-corrected chi connectivity index (χ2v) is 11.1. The minimum absolute atomic E-state index is 0.0439.